The molecule has 9 aromatic rings. The van der Waals surface area contributed by atoms with Crippen LogP contribution in [-0.4, -0.2) is 9.97 Å². The van der Waals surface area contributed by atoms with Gasteiger partial charge in [-0.2, -0.15) is 0 Å². The Morgan fingerprint density at radius 1 is 0.483 bits per heavy atom. The summed E-state index contributed by atoms with van der Waals surface area (Å²) in [5, 5.41) is 4.80. The van der Waals surface area contributed by atoms with Gasteiger partial charge in [0.1, 0.15) is 11.2 Å². The second-order valence-electron chi connectivity index (χ2n) is 16.8. The Hall–Kier alpha value is -4.62. The third kappa shape index (κ3) is 8.75. The number of furan rings is 1. The van der Waals surface area contributed by atoms with Crippen LogP contribution in [0, 0.1) is 13.8 Å². The quantitative estimate of drug-likeness (QED) is 0.0808. The minimum Gasteiger partial charge on any atom is -0.456 e. The first kappa shape index (κ1) is 40.8. The molecule has 0 fully saturated rings. The molecule has 5 aromatic heterocycles. The molecule has 5 heterocycles. The first-order valence-corrected chi connectivity index (χ1v) is 24.9. The summed E-state index contributed by atoms with van der Waals surface area (Å²) >= 11 is 5.52. The molecular weight excluding hydrogens is 789 g/mol. The predicted molar refractivity (Wildman–Crippen MR) is 263 cm³/mol. The Labute approximate surface area is 367 Å². The van der Waals surface area contributed by atoms with Crippen LogP contribution in [0.25, 0.3) is 85.1 Å². The van der Waals surface area contributed by atoms with Crippen molar-refractivity contribution in [3.63, 3.8) is 0 Å². The molecule has 4 aromatic carbocycles. The van der Waals surface area contributed by atoms with Gasteiger partial charge in [-0.3, -0.25) is 0 Å². The molecule has 6 heteroatoms. The van der Waals surface area contributed by atoms with Crippen LogP contribution in [0.1, 0.15) is 112 Å². The number of nitrogens with zero attached hydrogens (tertiary/aromatic N) is 2. The summed E-state index contributed by atoms with van der Waals surface area (Å²) in [6.07, 6.45) is 17.7. The Kier molecular flexibility index (Phi) is 12.6. The van der Waals surface area contributed by atoms with Gasteiger partial charge in [-0.05, 0) is 129 Å². The maximum atomic E-state index is 6.29. The highest BCUT2D eigenvalue weighted by molar-refractivity contribution is 7.26. The molecule has 0 atom stereocenters. The molecule has 0 N–H and O–H groups in total. The van der Waals surface area contributed by atoms with Gasteiger partial charge in [-0.25, -0.2) is 9.97 Å². The average Bonchev–Trinajstić information content (AvgIpc) is 4.08. The zero-order chi connectivity index (χ0) is 41.0. The number of thiophene rings is 3. The van der Waals surface area contributed by atoms with Crippen molar-refractivity contribution in [3.05, 3.63) is 119 Å². The SMILES string of the molecule is CCCCCCCCc1cc(-c2cc(-c3ccc(-c4ccc(C)s4)s3)nc(-c3ccc4sc5cc6oc7ccccc7c6cc5c4c3)n2)c(CCCCCCCC)cc1C. The molecule has 0 unspecified atom stereocenters. The van der Waals surface area contributed by atoms with Crippen LogP contribution >= 0.6 is 34.0 Å². The lowest BCUT2D eigenvalue weighted by atomic mass is 9.91. The molecule has 0 bridgehead atoms. The zero-order valence-corrected chi connectivity index (χ0v) is 38.1. The maximum absolute atomic E-state index is 6.29. The summed E-state index contributed by atoms with van der Waals surface area (Å²) in [5.41, 5.74) is 10.5. The standard InChI is InChI=1S/C54H56N2OS3/c1-5-7-9-11-13-15-19-37-30-41(38(29-35(37)3)20-16-14-12-10-8-6-2)45-33-46(50-27-28-52(60-50)51-25-23-36(4)58-51)56-54(55-45)39-24-26-49-43(31-39)44-32-42-40-21-17-18-22-47(40)57-48(42)34-53(44)59-49/h17-18,21-34H,5-16,19-20H2,1-4H3. The number of aryl methyl sites for hydroxylation is 4. The molecule has 3 nitrogen and oxygen atoms in total. The maximum Gasteiger partial charge on any atom is 0.160 e. The summed E-state index contributed by atoms with van der Waals surface area (Å²) in [7, 11) is 0. The topological polar surface area (TPSA) is 38.9 Å². The fourth-order valence-electron chi connectivity index (χ4n) is 8.87. The molecule has 0 saturated carbocycles. The highest BCUT2D eigenvalue weighted by Crippen LogP contribution is 2.43. The minimum absolute atomic E-state index is 0.782. The van der Waals surface area contributed by atoms with Gasteiger partial charge in [-0.15, -0.1) is 34.0 Å². The number of para-hydroxylation sites is 1. The predicted octanol–water partition coefficient (Wildman–Crippen LogP) is 18.0. The van der Waals surface area contributed by atoms with E-state index in [0.29, 0.717) is 0 Å². The van der Waals surface area contributed by atoms with Crippen molar-refractivity contribution in [1.82, 2.24) is 9.97 Å². The van der Waals surface area contributed by atoms with E-state index in [-0.39, 0.29) is 0 Å². The number of fused-ring (bicyclic) bond motifs is 6. The lowest BCUT2D eigenvalue weighted by molar-refractivity contribution is 0.605. The third-order valence-electron chi connectivity index (χ3n) is 12.2. The van der Waals surface area contributed by atoms with Crippen molar-refractivity contribution < 1.29 is 4.42 Å². The van der Waals surface area contributed by atoms with Gasteiger partial charge < -0.3 is 4.42 Å². The molecule has 0 saturated heterocycles. The Morgan fingerprint density at radius 2 is 1.17 bits per heavy atom. The summed E-state index contributed by atoms with van der Waals surface area (Å²) in [4.78, 5) is 16.1. The van der Waals surface area contributed by atoms with E-state index in [9.17, 15) is 0 Å². The van der Waals surface area contributed by atoms with Gasteiger partial charge in [0.15, 0.2) is 5.82 Å². The first-order chi connectivity index (χ1) is 29.4. The lowest BCUT2D eigenvalue weighted by Crippen LogP contribution is -2.01. The molecule has 0 spiro atoms. The molecule has 0 aliphatic rings. The van der Waals surface area contributed by atoms with Crippen molar-refractivity contribution in [3.8, 4) is 43.0 Å². The average molecular weight is 845 g/mol. The van der Waals surface area contributed by atoms with Crippen LogP contribution in [0.4, 0.5) is 0 Å². The molecule has 60 heavy (non-hydrogen) atoms. The number of hydrogen-bond donors (Lipinski definition) is 0. The fourth-order valence-corrected chi connectivity index (χ4v) is 11.9. The lowest BCUT2D eigenvalue weighted by Gasteiger charge is -2.16. The van der Waals surface area contributed by atoms with Crippen LogP contribution in [0.5, 0.6) is 0 Å². The van der Waals surface area contributed by atoms with E-state index >= 15 is 0 Å². The molecule has 0 amide bonds. The molecule has 0 aliphatic heterocycles. The summed E-state index contributed by atoms with van der Waals surface area (Å²) in [6, 6.07) is 36.0. The fraction of sp³-hybridized carbons (Fsp3) is 0.333. The van der Waals surface area contributed by atoms with Crippen molar-refractivity contribution in [1.29, 1.82) is 0 Å². The van der Waals surface area contributed by atoms with E-state index in [1.165, 1.54) is 139 Å². The minimum atomic E-state index is 0.782. The van der Waals surface area contributed by atoms with Crippen molar-refractivity contribution in [2.24, 2.45) is 0 Å². The third-order valence-corrected chi connectivity index (χ3v) is 15.7. The van der Waals surface area contributed by atoms with Gasteiger partial charge in [0.2, 0.25) is 0 Å². The Morgan fingerprint density at radius 3 is 1.95 bits per heavy atom. The highest BCUT2D eigenvalue weighted by atomic mass is 32.1. The molecule has 9 rings (SSSR count). The number of aromatic nitrogens is 2. The highest BCUT2D eigenvalue weighted by Gasteiger charge is 2.19. The van der Waals surface area contributed by atoms with Gasteiger partial charge in [0.25, 0.3) is 0 Å². The Bertz CT molecular complexity index is 2900. The summed E-state index contributed by atoms with van der Waals surface area (Å²) < 4.78 is 8.78. The van der Waals surface area contributed by atoms with E-state index in [4.69, 9.17) is 14.4 Å². The van der Waals surface area contributed by atoms with E-state index in [1.807, 2.05) is 40.1 Å². The normalized spacial score (nSPS) is 11.9. The molecular formula is C54H56N2OS3. The number of benzene rings is 4. The van der Waals surface area contributed by atoms with Crippen molar-refractivity contribution >= 4 is 76.1 Å². The Balaban J connectivity index is 1.15. The smallest absolute Gasteiger partial charge is 0.160 e. The first-order valence-electron chi connectivity index (χ1n) is 22.4. The van der Waals surface area contributed by atoms with Gasteiger partial charge in [-0.1, -0.05) is 102 Å². The van der Waals surface area contributed by atoms with Crippen LogP contribution < -0.4 is 0 Å². The zero-order valence-electron chi connectivity index (χ0n) is 35.7. The van der Waals surface area contributed by atoms with Gasteiger partial charge in [0, 0.05) is 56.7 Å². The number of unbranched alkanes of at least 4 members (excludes halogenated alkanes) is 10. The van der Waals surface area contributed by atoms with Gasteiger partial charge in [0.05, 0.1) is 16.3 Å². The van der Waals surface area contributed by atoms with E-state index < -0.39 is 0 Å². The number of hydrogen-bond acceptors (Lipinski definition) is 6. The van der Waals surface area contributed by atoms with Crippen LogP contribution in [0.3, 0.4) is 0 Å². The largest absolute Gasteiger partial charge is 0.456 e. The van der Waals surface area contributed by atoms with E-state index in [2.05, 4.69) is 119 Å². The summed E-state index contributed by atoms with van der Waals surface area (Å²) in [6.45, 7) is 9.11. The van der Waals surface area contributed by atoms with Crippen molar-refractivity contribution in [2.45, 2.75) is 118 Å². The van der Waals surface area contributed by atoms with Crippen LogP contribution in [0.15, 0.2) is 101 Å². The monoisotopic (exact) mass is 844 g/mol. The van der Waals surface area contributed by atoms with E-state index in [0.717, 1.165) is 57.6 Å². The second kappa shape index (κ2) is 18.6. The van der Waals surface area contributed by atoms with Gasteiger partial charge >= 0.3 is 0 Å². The molecule has 306 valence electrons. The number of rotatable bonds is 18. The van der Waals surface area contributed by atoms with Crippen molar-refractivity contribution in [2.75, 3.05) is 0 Å². The molecule has 0 radical (unpaired) electrons. The van der Waals surface area contributed by atoms with E-state index in [1.54, 1.807) is 0 Å². The summed E-state index contributed by atoms with van der Waals surface area (Å²) in [5.74, 6) is 0.782. The van der Waals surface area contributed by atoms with Crippen LogP contribution in [-0.2, 0) is 12.8 Å². The molecule has 0 aliphatic carbocycles. The second-order valence-corrected chi connectivity index (χ2v) is 20.2. The van der Waals surface area contributed by atoms with Crippen LogP contribution in [0.2, 0.25) is 0 Å².